The molecule has 0 bridgehead atoms. The molecule has 1 aliphatic heterocycles. The molecule has 0 spiro atoms. The summed E-state index contributed by atoms with van der Waals surface area (Å²) in [6.07, 6.45) is 7.36. The van der Waals surface area contributed by atoms with E-state index in [-0.39, 0.29) is 25.4 Å². The van der Waals surface area contributed by atoms with Gasteiger partial charge in [-0.2, -0.15) is 0 Å². The molecule has 3 atom stereocenters. The van der Waals surface area contributed by atoms with Gasteiger partial charge < -0.3 is 20.3 Å². The highest BCUT2D eigenvalue weighted by atomic mass is 32.2. The van der Waals surface area contributed by atoms with E-state index in [0.29, 0.717) is 19.4 Å². The van der Waals surface area contributed by atoms with Crippen LogP contribution in [0.15, 0.2) is 12.2 Å². The van der Waals surface area contributed by atoms with E-state index in [4.69, 9.17) is 4.74 Å². The second-order valence-electron chi connectivity index (χ2n) is 8.92. The number of nitrogens with zero attached hydrogens (tertiary/aromatic N) is 1. The van der Waals surface area contributed by atoms with E-state index >= 15 is 0 Å². The SMILES string of the molecule is CC(=O)OCC[C@@H]1NC(=O)N(C)CCCCC=C[C@@H]2C[C@@]2(C(=O)NS(=O)(=O)C2CC2)NC1=O. The van der Waals surface area contributed by atoms with Crippen LogP contribution in [0.1, 0.15) is 51.9 Å². The molecule has 33 heavy (non-hydrogen) atoms. The predicted molar refractivity (Wildman–Crippen MR) is 118 cm³/mol. The first-order valence-electron chi connectivity index (χ1n) is 11.2. The number of carbonyl (C=O) groups excluding carboxylic acids is 4. The van der Waals surface area contributed by atoms with Crippen molar-refractivity contribution in [2.75, 3.05) is 20.2 Å². The summed E-state index contributed by atoms with van der Waals surface area (Å²) >= 11 is 0. The van der Waals surface area contributed by atoms with Crippen molar-refractivity contribution in [1.82, 2.24) is 20.3 Å². The van der Waals surface area contributed by atoms with Crippen LogP contribution >= 0.6 is 0 Å². The lowest BCUT2D eigenvalue weighted by Gasteiger charge is -2.26. The predicted octanol–water partition coefficient (Wildman–Crippen LogP) is 0.173. The van der Waals surface area contributed by atoms with E-state index in [0.717, 1.165) is 19.3 Å². The van der Waals surface area contributed by atoms with Crippen LogP contribution in [0, 0.1) is 5.92 Å². The van der Waals surface area contributed by atoms with Gasteiger partial charge in [0.25, 0.3) is 5.91 Å². The summed E-state index contributed by atoms with van der Waals surface area (Å²) in [5.41, 5.74) is -1.41. The third kappa shape index (κ3) is 6.46. The number of rotatable bonds is 6. The zero-order chi connectivity index (χ0) is 24.2. The monoisotopic (exact) mass is 484 g/mol. The fraction of sp³-hybridized carbons (Fsp3) is 0.714. The van der Waals surface area contributed by atoms with Crippen molar-refractivity contribution in [3.8, 4) is 0 Å². The molecule has 0 unspecified atom stereocenters. The van der Waals surface area contributed by atoms with Crippen molar-refractivity contribution in [3.05, 3.63) is 12.2 Å². The molecule has 0 aromatic carbocycles. The zero-order valence-corrected chi connectivity index (χ0v) is 19.8. The normalized spacial score (nSPS) is 28.6. The van der Waals surface area contributed by atoms with Gasteiger partial charge in [0, 0.05) is 32.9 Å². The van der Waals surface area contributed by atoms with Gasteiger partial charge in [-0.25, -0.2) is 13.2 Å². The molecule has 4 amide bonds. The highest BCUT2D eigenvalue weighted by Gasteiger charge is 2.61. The summed E-state index contributed by atoms with van der Waals surface area (Å²) in [7, 11) is -2.17. The molecular weight excluding hydrogens is 452 g/mol. The molecule has 1 heterocycles. The Hall–Kier alpha value is -2.63. The van der Waals surface area contributed by atoms with Crippen LogP contribution in [-0.2, 0) is 29.1 Å². The van der Waals surface area contributed by atoms with Gasteiger partial charge in [0.2, 0.25) is 15.9 Å². The maximum atomic E-state index is 13.1. The van der Waals surface area contributed by atoms with Crippen molar-refractivity contribution >= 4 is 33.8 Å². The summed E-state index contributed by atoms with van der Waals surface area (Å²) in [5.74, 6) is -2.29. The van der Waals surface area contributed by atoms with Crippen LogP contribution in [0.5, 0.6) is 0 Å². The Bertz CT molecular complexity index is 931. The lowest BCUT2D eigenvalue weighted by Crippen LogP contribution is -2.58. The number of fused-ring (bicyclic) bond motifs is 1. The number of hydrogen-bond donors (Lipinski definition) is 3. The molecule has 0 aromatic heterocycles. The van der Waals surface area contributed by atoms with Crippen molar-refractivity contribution < 1.29 is 32.3 Å². The van der Waals surface area contributed by atoms with Gasteiger partial charge in [-0.1, -0.05) is 12.2 Å². The Kier molecular flexibility index (Phi) is 7.65. The highest BCUT2D eigenvalue weighted by Crippen LogP contribution is 2.45. The average Bonchev–Trinajstić information content (AvgIpc) is 3.63. The van der Waals surface area contributed by atoms with Gasteiger partial charge in [-0.15, -0.1) is 0 Å². The number of sulfonamides is 1. The Morgan fingerprint density at radius 2 is 2.00 bits per heavy atom. The molecule has 3 aliphatic rings. The Morgan fingerprint density at radius 3 is 2.67 bits per heavy atom. The third-order valence-electron chi connectivity index (χ3n) is 6.12. The number of nitrogens with one attached hydrogen (secondary N) is 3. The average molecular weight is 485 g/mol. The molecule has 184 valence electrons. The first-order chi connectivity index (χ1) is 15.5. The quantitative estimate of drug-likeness (QED) is 0.359. The number of esters is 1. The molecule has 0 radical (unpaired) electrons. The second kappa shape index (κ2) is 10.1. The first kappa shape index (κ1) is 25.0. The van der Waals surface area contributed by atoms with Crippen LogP contribution in [-0.4, -0.2) is 74.2 Å². The van der Waals surface area contributed by atoms with Crippen LogP contribution in [0.3, 0.4) is 0 Å². The summed E-state index contributed by atoms with van der Waals surface area (Å²) in [6.45, 7) is 1.64. The second-order valence-corrected chi connectivity index (χ2v) is 10.9. The summed E-state index contributed by atoms with van der Waals surface area (Å²) < 4.78 is 31.7. The lowest BCUT2D eigenvalue weighted by molar-refractivity contribution is -0.141. The van der Waals surface area contributed by atoms with E-state index in [1.165, 1.54) is 11.8 Å². The molecule has 12 heteroatoms. The summed E-state index contributed by atoms with van der Waals surface area (Å²) in [6, 6.07) is -1.54. The van der Waals surface area contributed by atoms with Crippen LogP contribution in [0.4, 0.5) is 4.79 Å². The molecule has 3 rings (SSSR count). The van der Waals surface area contributed by atoms with Crippen molar-refractivity contribution in [3.63, 3.8) is 0 Å². The minimum Gasteiger partial charge on any atom is -0.466 e. The Morgan fingerprint density at radius 1 is 1.27 bits per heavy atom. The molecule has 2 fully saturated rings. The van der Waals surface area contributed by atoms with Gasteiger partial charge >= 0.3 is 12.0 Å². The number of amides is 4. The highest BCUT2D eigenvalue weighted by molar-refractivity contribution is 7.91. The van der Waals surface area contributed by atoms with Crippen LogP contribution in [0.25, 0.3) is 0 Å². The fourth-order valence-corrected chi connectivity index (χ4v) is 5.16. The van der Waals surface area contributed by atoms with Gasteiger partial charge in [0.05, 0.1) is 11.9 Å². The Labute approximate surface area is 193 Å². The number of allylic oxidation sites excluding steroid dienone is 1. The smallest absolute Gasteiger partial charge is 0.317 e. The van der Waals surface area contributed by atoms with Gasteiger partial charge in [-0.3, -0.25) is 19.1 Å². The number of urea groups is 1. The Balaban J connectivity index is 1.81. The topological polar surface area (TPSA) is 151 Å². The molecule has 2 saturated carbocycles. The van der Waals surface area contributed by atoms with E-state index in [1.807, 2.05) is 12.2 Å². The number of carbonyl (C=O) groups is 4. The van der Waals surface area contributed by atoms with Crippen LogP contribution in [0.2, 0.25) is 0 Å². The molecule has 11 nitrogen and oxygen atoms in total. The van der Waals surface area contributed by atoms with Gasteiger partial charge in [-0.05, 0) is 38.5 Å². The molecule has 0 saturated heterocycles. The molecular formula is C21H32N4O7S. The largest absolute Gasteiger partial charge is 0.466 e. The maximum absolute atomic E-state index is 13.1. The van der Waals surface area contributed by atoms with Crippen molar-refractivity contribution in [1.29, 1.82) is 0 Å². The zero-order valence-electron chi connectivity index (χ0n) is 19.0. The molecule has 2 aliphatic carbocycles. The fourth-order valence-electron chi connectivity index (χ4n) is 3.79. The van der Waals surface area contributed by atoms with E-state index in [1.54, 1.807) is 7.05 Å². The third-order valence-corrected chi connectivity index (χ3v) is 7.94. The maximum Gasteiger partial charge on any atom is 0.317 e. The van der Waals surface area contributed by atoms with Crippen LogP contribution < -0.4 is 15.4 Å². The summed E-state index contributed by atoms with van der Waals surface area (Å²) in [4.78, 5) is 51.3. The van der Waals surface area contributed by atoms with E-state index < -0.39 is 50.7 Å². The molecule has 3 N–H and O–H groups in total. The van der Waals surface area contributed by atoms with Gasteiger partial charge in [0.1, 0.15) is 11.6 Å². The standard InChI is InChI=1S/C21H32N4O7S/c1-14(26)32-12-10-17-18(27)23-21(19(28)24-33(30,31)16-8-9-16)13-15(21)7-5-3-4-6-11-25(2)20(29)22-17/h5,7,15-17H,3-4,6,8-13H2,1-2H3,(H,22,29)(H,23,27)(H,24,28)/t15-,17+,21-/m1/s1. The van der Waals surface area contributed by atoms with Crippen molar-refractivity contribution in [2.24, 2.45) is 5.92 Å². The summed E-state index contributed by atoms with van der Waals surface area (Å²) in [5, 5.41) is 4.74. The van der Waals surface area contributed by atoms with Gasteiger partial charge in [0.15, 0.2) is 0 Å². The number of ether oxygens (including phenoxy) is 1. The first-order valence-corrected chi connectivity index (χ1v) is 12.8. The van der Waals surface area contributed by atoms with Crippen molar-refractivity contribution in [2.45, 2.75) is 68.7 Å². The number of hydrogen-bond acceptors (Lipinski definition) is 7. The minimum atomic E-state index is -3.79. The minimum absolute atomic E-state index is 0.00354. The molecule has 0 aromatic rings. The van der Waals surface area contributed by atoms with E-state index in [9.17, 15) is 27.6 Å². The van der Waals surface area contributed by atoms with E-state index in [2.05, 4.69) is 15.4 Å². The lowest BCUT2D eigenvalue weighted by atomic mass is 10.1.